The lowest BCUT2D eigenvalue weighted by molar-refractivity contribution is 0.0985. The Kier molecular flexibility index (Phi) is 5.58. The summed E-state index contributed by atoms with van der Waals surface area (Å²) in [5.41, 5.74) is 1.59. The van der Waals surface area contributed by atoms with Crippen LogP contribution in [0.3, 0.4) is 0 Å². The van der Waals surface area contributed by atoms with Crippen LogP contribution in [0.1, 0.15) is 26.5 Å². The van der Waals surface area contributed by atoms with E-state index in [0.29, 0.717) is 54.2 Å². The molecule has 0 unspecified atom stereocenters. The van der Waals surface area contributed by atoms with Crippen molar-refractivity contribution in [2.75, 3.05) is 43.3 Å². The number of aromatic nitrogens is 4. The highest BCUT2D eigenvalue weighted by atomic mass is 32.2. The molecule has 3 aromatic rings. The second kappa shape index (κ2) is 7.96. The van der Waals surface area contributed by atoms with Gasteiger partial charge in [-0.1, -0.05) is 0 Å². The van der Waals surface area contributed by atoms with Gasteiger partial charge in [0, 0.05) is 32.0 Å². The molecule has 0 amide bonds. The fourth-order valence-corrected chi connectivity index (χ4v) is 4.17. The molecule has 2 N–H and O–H groups in total. The number of nitrogens with one attached hydrogen (secondary N) is 2. The van der Waals surface area contributed by atoms with Gasteiger partial charge in [0.05, 0.1) is 50.5 Å². The third kappa shape index (κ3) is 3.79. The third-order valence-corrected chi connectivity index (χ3v) is 8.15. The monoisotopic (exact) mass is 461 g/mol. The SMILES string of the molecule is CNc1nc2cc(F)ccc2n1-c1nc(N2CCOC[C@H]2C)cc(C(C)(C)[S@](C)(=N)=O)n1. The fourth-order valence-electron chi connectivity index (χ4n) is 3.67. The molecule has 2 aromatic heterocycles. The molecule has 2 atom stereocenters. The summed E-state index contributed by atoms with van der Waals surface area (Å²) in [6.45, 7) is 7.33. The number of fused-ring (bicyclic) bond motifs is 1. The van der Waals surface area contributed by atoms with Crippen molar-refractivity contribution in [3.8, 4) is 5.95 Å². The number of ether oxygens (including phenoxy) is 1. The molecule has 3 heterocycles. The molecule has 0 radical (unpaired) electrons. The molecule has 1 aliphatic rings. The van der Waals surface area contributed by atoms with Crippen LogP contribution in [0, 0.1) is 10.6 Å². The molecular formula is C21H28FN7O2S. The zero-order chi connectivity index (χ0) is 23.3. The minimum Gasteiger partial charge on any atom is -0.377 e. The molecule has 1 aromatic carbocycles. The van der Waals surface area contributed by atoms with E-state index in [4.69, 9.17) is 19.5 Å². The van der Waals surface area contributed by atoms with Gasteiger partial charge in [-0.3, -0.25) is 4.78 Å². The molecule has 32 heavy (non-hydrogen) atoms. The molecular weight excluding hydrogens is 433 g/mol. The lowest BCUT2D eigenvalue weighted by Crippen LogP contribution is -2.44. The van der Waals surface area contributed by atoms with E-state index in [9.17, 15) is 8.60 Å². The number of halogens is 1. The molecule has 172 valence electrons. The van der Waals surface area contributed by atoms with Gasteiger partial charge in [0.2, 0.25) is 11.9 Å². The number of hydrogen-bond acceptors (Lipinski definition) is 8. The molecule has 1 fully saturated rings. The summed E-state index contributed by atoms with van der Waals surface area (Å²) < 4.78 is 41.2. The quantitative estimate of drug-likeness (QED) is 0.601. The molecule has 11 heteroatoms. The van der Waals surface area contributed by atoms with E-state index in [2.05, 4.69) is 15.2 Å². The van der Waals surface area contributed by atoms with E-state index in [0.717, 1.165) is 0 Å². The largest absolute Gasteiger partial charge is 0.377 e. The Morgan fingerprint density at radius 2 is 2.03 bits per heavy atom. The number of rotatable bonds is 5. The Bertz CT molecular complexity index is 1270. The summed E-state index contributed by atoms with van der Waals surface area (Å²) in [6.07, 6.45) is 1.42. The van der Waals surface area contributed by atoms with Crippen LogP contribution in [0.25, 0.3) is 17.0 Å². The van der Waals surface area contributed by atoms with Crippen LogP contribution in [0.2, 0.25) is 0 Å². The maximum atomic E-state index is 13.8. The first-order chi connectivity index (χ1) is 15.0. The van der Waals surface area contributed by atoms with Crippen molar-refractivity contribution in [1.82, 2.24) is 19.5 Å². The molecule has 0 aliphatic carbocycles. The summed E-state index contributed by atoms with van der Waals surface area (Å²) in [4.78, 5) is 16.1. The molecule has 9 nitrogen and oxygen atoms in total. The van der Waals surface area contributed by atoms with Gasteiger partial charge in [-0.05, 0) is 32.9 Å². The van der Waals surface area contributed by atoms with E-state index in [1.54, 1.807) is 37.6 Å². The maximum absolute atomic E-state index is 13.8. The normalized spacial score (nSPS) is 19.2. The second-order valence-electron chi connectivity index (χ2n) is 8.54. The topological polar surface area (TPSA) is 109 Å². The minimum atomic E-state index is -2.99. The predicted molar refractivity (Wildman–Crippen MR) is 124 cm³/mol. The van der Waals surface area contributed by atoms with Gasteiger partial charge in [0.15, 0.2) is 0 Å². The van der Waals surface area contributed by atoms with E-state index in [1.807, 2.05) is 6.92 Å². The smallest absolute Gasteiger partial charge is 0.239 e. The van der Waals surface area contributed by atoms with Gasteiger partial charge in [-0.15, -0.1) is 0 Å². The summed E-state index contributed by atoms with van der Waals surface area (Å²) in [5.74, 6) is 1.03. The Morgan fingerprint density at radius 1 is 1.28 bits per heavy atom. The molecule has 1 saturated heterocycles. The van der Waals surface area contributed by atoms with Crippen molar-refractivity contribution in [2.24, 2.45) is 0 Å². The number of imidazole rings is 1. The van der Waals surface area contributed by atoms with Crippen molar-refractivity contribution in [1.29, 1.82) is 4.78 Å². The van der Waals surface area contributed by atoms with Crippen LogP contribution in [-0.2, 0) is 19.2 Å². The van der Waals surface area contributed by atoms with Gasteiger partial charge in [-0.2, -0.15) is 4.98 Å². The summed E-state index contributed by atoms with van der Waals surface area (Å²) >= 11 is 0. The third-order valence-electron chi connectivity index (χ3n) is 5.99. The zero-order valence-corrected chi connectivity index (χ0v) is 19.7. The van der Waals surface area contributed by atoms with Gasteiger partial charge in [0.1, 0.15) is 11.6 Å². The Hall–Kier alpha value is -2.79. The highest BCUT2D eigenvalue weighted by Crippen LogP contribution is 2.33. The fraction of sp³-hybridized carbons (Fsp3) is 0.476. The second-order valence-corrected chi connectivity index (χ2v) is 11.2. The van der Waals surface area contributed by atoms with Crippen molar-refractivity contribution in [2.45, 2.75) is 31.6 Å². The van der Waals surface area contributed by atoms with Crippen molar-refractivity contribution >= 4 is 32.5 Å². The molecule has 4 rings (SSSR count). The highest BCUT2D eigenvalue weighted by Gasteiger charge is 2.34. The lowest BCUT2D eigenvalue weighted by atomic mass is 10.1. The first-order valence-electron chi connectivity index (χ1n) is 10.4. The van der Waals surface area contributed by atoms with Gasteiger partial charge >= 0.3 is 0 Å². The van der Waals surface area contributed by atoms with E-state index >= 15 is 0 Å². The van der Waals surface area contributed by atoms with E-state index < -0.39 is 14.5 Å². The van der Waals surface area contributed by atoms with Crippen LogP contribution in [-0.4, -0.2) is 62.8 Å². The van der Waals surface area contributed by atoms with Crippen LogP contribution in [0.4, 0.5) is 16.2 Å². The Balaban J connectivity index is 2.00. The van der Waals surface area contributed by atoms with Gasteiger partial charge in [0.25, 0.3) is 0 Å². The number of benzene rings is 1. The zero-order valence-electron chi connectivity index (χ0n) is 18.8. The average Bonchev–Trinajstić information content (AvgIpc) is 3.10. The number of hydrogen-bond donors (Lipinski definition) is 2. The Morgan fingerprint density at radius 3 is 2.69 bits per heavy atom. The number of anilines is 2. The summed E-state index contributed by atoms with van der Waals surface area (Å²) in [5, 5.41) is 3.02. The summed E-state index contributed by atoms with van der Waals surface area (Å²) in [7, 11) is -1.27. The highest BCUT2D eigenvalue weighted by molar-refractivity contribution is 7.92. The van der Waals surface area contributed by atoms with Crippen LogP contribution < -0.4 is 10.2 Å². The molecule has 0 saturated carbocycles. The van der Waals surface area contributed by atoms with Gasteiger partial charge in [-0.25, -0.2) is 23.1 Å². The number of nitrogens with zero attached hydrogens (tertiary/aromatic N) is 5. The van der Waals surface area contributed by atoms with E-state index in [1.165, 1.54) is 18.4 Å². The predicted octanol–water partition coefficient (Wildman–Crippen LogP) is 3.13. The van der Waals surface area contributed by atoms with Crippen molar-refractivity contribution in [3.05, 3.63) is 35.8 Å². The van der Waals surface area contributed by atoms with Crippen molar-refractivity contribution in [3.63, 3.8) is 0 Å². The number of morpholine rings is 1. The van der Waals surface area contributed by atoms with Crippen LogP contribution in [0.15, 0.2) is 24.3 Å². The van der Waals surface area contributed by atoms with E-state index in [-0.39, 0.29) is 11.9 Å². The first kappa shape index (κ1) is 22.4. The Labute approximate surface area is 187 Å². The van der Waals surface area contributed by atoms with Gasteiger partial charge < -0.3 is 15.0 Å². The van der Waals surface area contributed by atoms with Crippen molar-refractivity contribution < 1.29 is 13.3 Å². The molecule has 0 bridgehead atoms. The standard InChI is InChI=1S/C21H28FN7O2S/c1-13-12-31-9-8-28(13)18-11-17(21(2,3)32(5,23)30)26-20(27-18)29-16-7-6-14(22)10-15(16)25-19(29)24-4/h6-7,10-11,13,23H,8-9,12H2,1-5H3,(H,24,25)/t13-,32-/m1/s1. The molecule has 0 spiro atoms. The van der Waals surface area contributed by atoms with Crippen LogP contribution >= 0.6 is 0 Å². The molecule has 1 aliphatic heterocycles. The van der Waals surface area contributed by atoms with Crippen LogP contribution in [0.5, 0.6) is 0 Å². The minimum absolute atomic E-state index is 0.0850. The average molecular weight is 462 g/mol. The maximum Gasteiger partial charge on any atom is 0.239 e. The lowest BCUT2D eigenvalue weighted by Gasteiger charge is -2.35. The first-order valence-corrected chi connectivity index (χ1v) is 12.3. The summed E-state index contributed by atoms with van der Waals surface area (Å²) in [6, 6.07) is 6.24.